The first-order chi connectivity index (χ1) is 12.1. The zero-order valence-electron chi connectivity index (χ0n) is 13.8. The predicted molar refractivity (Wildman–Crippen MR) is 102 cm³/mol. The molecule has 2 aromatic rings. The van der Waals surface area contributed by atoms with E-state index in [0.29, 0.717) is 36.0 Å². The zero-order valence-corrected chi connectivity index (χ0v) is 14.6. The van der Waals surface area contributed by atoms with Gasteiger partial charge in [0.2, 0.25) is 5.91 Å². The van der Waals surface area contributed by atoms with Gasteiger partial charge in [0, 0.05) is 25.2 Å². The molecule has 1 aliphatic rings. The molecule has 0 unspecified atom stereocenters. The minimum Gasteiger partial charge on any atom is -0.362 e. The van der Waals surface area contributed by atoms with Crippen molar-refractivity contribution in [2.75, 3.05) is 23.3 Å². The summed E-state index contributed by atoms with van der Waals surface area (Å²) in [5, 5.41) is 6.66. The third-order valence-corrected chi connectivity index (χ3v) is 4.36. The van der Waals surface area contributed by atoms with E-state index in [1.807, 2.05) is 18.2 Å². The summed E-state index contributed by atoms with van der Waals surface area (Å²) in [5.41, 5.74) is 2.20. The van der Waals surface area contributed by atoms with Gasteiger partial charge >= 0.3 is 0 Å². The fourth-order valence-corrected chi connectivity index (χ4v) is 3.06. The molecular formula is C19H20FN3OS. The number of amides is 1. The summed E-state index contributed by atoms with van der Waals surface area (Å²) in [6.07, 6.45) is 2.09. The third kappa shape index (κ3) is 4.54. The lowest BCUT2D eigenvalue weighted by Crippen LogP contribution is -2.30. The van der Waals surface area contributed by atoms with E-state index in [1.165, 1.54) is 16.5 Å². The van der Waals surface area contributed by atoms with E-state index in [2.05, 4.69) is 22.8 Å². The average Bonchev–Trinajstić information content (AvgIpc) is 3.03. The molecule has 2 aromatic carbocycles. The number of hydrogen-bond acceptors (Lipinski definition) is 2. The third-order valence-electron chi connectivity index (χ3n) is 4.11. The van der Waals surface area contributed by atoms with E-state index < -0.39 is 5.82 Å². The summed E-state index contributed by atoms with van der Waals surface area (Å²) in [7, 11) is 0. The lowest BCUT2D eigenvalue weighted by molar-refractivity contribution is -0.117. The fraction of sp³-hybridized carbons (Fsp3) is 0.263. The molecular weight excluding hydrogens is 337 g/mol. The van der Waals surface area contributed by atoms with Gasteiger partial charge in [0.1, 0.15) is 5.82 Å². The largest absolute Gasteiger partial charge is 0.362 e. The van der Waals surface area contributed by atoms with Crippen LogP contribution in [-0.4, -0.2) is 24.1 Å². The first kappa shape index (κ1) is 17.4. The first-order valence-corrected chi connectivity index (χ1v) is 8.73. The van der Waals surface area contributed by atoms with Crippen molar-refractivity contribution in [3.8, 4) is 0 Å². The van der Waals surface area contributed by atoms with Gasteiger partial charge in [-0.25, -0.2) is 4.39 Å². The summed E-state index contributed by atoms with van der Waals surface area (Å²) in [4.78, 5) is 13.3. The van der Waals surface area contributed by atoms with Crippen LogP contribution in [0.4, 0.5) is 15.8 Å². The van der Waals surface area contributed by atoms with Gasteiger partial charge < -0.3 is 15.5 Å². The van der Waals surface area contributed by atoms with Crippen LogP contribution in [0, 0.1) is 5.82 Å². The van der Waals surface area contributed by atoms with Crippen molar-refractivity contribution in [1.29, 1.82) is 0 Å². The Labute approximate surface area is 152 Å². The zero-order chi connectivity index (χ0) is 17.6. The van der Waals surface area contributed by atoms with Crippen molar-refractivity contribution < 1.29 is 9.18 Å². The second-order valence-electron chi connectivity index (χ2n) is 5.93. The van der Waals surface area contributed by atoms with Crippen molar-refractivity contribution in [1.82, 2.24) is 5.32 Å². The Morgan fingerprint density at radius 1 is 1.20 bits per heavy atom. The molecule has 1 aliphatic heterocycles. The number of hydrogen-bond donors (Lipinski definition) is 2. The Morgan fingerprint density at radius 2 is 2.00 bits per heavy atom. The minimum atomic E-state index is -0.399. The quantitative estimate of drug-likeness (QED) is 0.804. The Hall–Kier alpha value is -2.47. The van der Waals surface area contributed by atoms with Crippen LogP contribution in [0.25, 0.3) is 0 Å². The van der Waals surface area contributed by atoms with Gasteiger partial charge in [0.05, 0.1) is 5.69 Å². The highest BCUT2D eigenvalue weighted by atomic mass is 32.1. The molecule has 6 heteroatoms. The lowest BCUT2D eigenvalue weighted by Gasteiger charge is -2.18. The standard InChI is InChI=1S/C19H20FN3OS/c20-16-9-8-15(13-17(16)23-12-4-7-18(23)24)22-19(25)21-11-10-14-5-2-1-3-6-14/h1-3,5-6,8-9,13H,4,7,10-12H2,(H2,21,22,25). The lowest BCUT2D eigenvalue weighted by atomic mass is 10.1. The summed E-state index contributed by atoms with van der Waals surface area (Å²) >= 11 is 5.29. The van der Waals surface area contributed by atoms with E-state index in [1.54, 1.807) is 12.1 Å². The van der Waals surface area contributed by atoms with E-state index >= 15 is 0 Å². The van der Waals surface area contributed by atoms with Crippen LogP contribution in [0.2, 0.25) is 0 Å². The molecule has 3 rings (SSSR count). The van der Waals surface area contributed by atoms with E-state index in [-0.39, 0.29) is 5.91 Å². The molecule has 25 heavy (non-hydrogen) atoms. The number of carbonyl (C=O) groups excluding carboxylic acids is 1. The predicted octanol–water partition coefficient (Wildman–Crippen LogP) is 3.48. The Balaban J connectivity index is 1.57. The highest BCUT2D eigenvalue weighted by Crippen LogP contribution is 2.27. The SMILES string of the molecule is O=C1CCCN1c1cc(NC(=S)NCCc2ccccc2)ccc1F. The van der Waals surface area contributed by atoms with Crippen molar-refractivity contribution in [3.05, 3.63) is 59.9 Å². The van der Waals surface area contributed by atoms with Crippen LogP contribution in [0.5, 0.6) is 0 Å². The molecule has 1 heterocycles. The van der Waals surface area contributed by atoms with E-state index in [4.69, 9.17) is 12.2 Å². The maximum atomic E-state index is 14.1. The second-order valence-corrected chi connectivity index (χ2v) is 6.34. The second kappa shape index (κ2) is 8.07. The fourth-order valence-electron chi connectivity index (χ4n) is 2.84. The first-order valence-electron chi connectivity index (χ1n) is 8.32. The normalized spacial score (nSPS) is 13.8. The van der Waals surface area contributed by atoms with E-state index in [0.717, 1.165) is 12.8 Å². The maximum Gasteiger partial charge on any atom is 0.227 e. The van der Waals surface area contributed by atoms with E-state index in [9.17, 15) is 9.18 Å². The number of anilines is 2. The number of halogens is 1. The average molecular weight is 357 g/mol. The van der Waals surface area contributed by atoms with Crippen molar-refractivity contribution in [2.24, 2.45) is 0 Å². The van der Waals surface area contributed by atoms with Crippen LogP contribution in [-0.2, 0) is 11.2 Å². The number of rotatable bonds is 5. The van der Waals surface area contributed by atoms with Crippen molar-refractivity contribution in [3.63, 3.8) is 0 Å². The van der Waals surface area contributed by atoms with Crippen LogP contribution in [0.1, 0.15) is 18.4 Å². The van der Waals surface area contributed by atoms with Crippen LogP contribution in [0.3, 0.4) is 0 Å². The molecule has 0 spiro atoms. The minimum absolute atomic E-state index is 0.0420. The molecule has 0 atom stereocenters. The van der Waals surface area contributed by atoms with Gasteiger partial charge in [0.25, 0.3) is 0 Å². The summed E-state index contributed by atoms with van der Waals surface area (Å²) in [6, 6.07) is 14.7. The number of benzene rings is 2. The molecule has 130 valence electrons. The van der Waals surface area contributed by atoms with Crippen molar-refractivity contribution >= 4 is 34.6 Å². The summed E-state index contributed by atoms with van der Waals surface area (Å²) < 4.78 is 14.1. The van der Waals surface area contributed by atoms with Crippen molar-refractivity contribution in [2.45, 2.75) is 19.3 Å². The summed E-state index contributed by atoms with van der Waals surface area (Å²) in [6.45, 7) is 1.26. The Morgan fingerprint density at radius 3 is 2.72 bits per heavy atom. The van der Waals surface area contributed by atoms with Gasteiger partial charge in [-0.15, -0.1) is 0 Å². The highest BCUT2D eigenvalue weighted by Gasteiger charge is 2.24. The molecule has 1 fully saturated rings. The van der Waals surface area contributed by atoms with Crippen LogP contribution < -0.4 is 15.5 Å². The smallest absolute Gasteiger partial charge is 0.227 e. The Kier molecular flexibility index (Phi) is 5.60. The molecule has 2 N–H and O–H groups in total. The van der Waals surface area contributed by atoms with Gasteiger partial charge in [-0.05, 0) is 48.8 Å². The topological polar surface area (TPSA) is 44.4 Å². The van der Waals surface area contributed by atoms with Crippen LogP contribution in [0.15, 0.2) is 48.5 Å². The van der Waals surface area contributed by atoms with Gasteiger partial charge in [-0.1, -0.05) is 30.3 Å². The number of nitrogens with one attached hydrogen (secondary N) is 2. The van der Waals surface area contributed by atoms with Gasteiger partial charge in [0.15, 0.2) is 5.11 Å². The number of thiocarbonyl (C=S) groups is 1. The molecule has 4 nitrogen and oxygen atoms in total. The monoisotopic (exact) mass is 357 g/mol. The van der Waals surface area contributed by atoms with Crippen LogP contribution >= 0.6 is 12.2 Å². The number of carbonyl (C=O) groups is 1. The molecule has 0 aliphatic carbocycles. The molecule has 1 amide bonds. The summed E-state index contributed by atoms with van der Waals surface area (Å²) in [5.74, 6) is -0.441. The van der Waals surface area contributed by atoms with Gasteiger partial charge in [-0.2, -0.15) is 0 Å². The number of nitrogens with zero attached hydrogens (tertiary/aromatic N) is 1. The van der Waals surface area contributed by atoms with Gasteiger partial charge in [-0.3, -0.25) is 4.79 Å². The molecule has 0 saturated carbocycles. The molecule has 0 aromatic heterocycles. The highest BCUT2D eigenvalue weighted by molar-refractivity contribution is 7.80. The molecule has 0 radical (unpaired) electrons. The molecule has 0 bridgehead atoms. The Bertz CT molecular complexity index is 767. The molecule has 1 saturated heterocycles. The maximum absolute atomic E-state index is 14.1.